The summed E-state index contributed by atoms with van der Waals surface area (Å²) >= 11 is 0. The molecule has 6 nitrogen and oxygen atoms in total. The molecule has 0 aliphatic carbocycles. The number of nitrogens with one attached hydrogen (secondary N) is 2. The second-order valence-electron chi connectivity index (χ2n) is 6.64. The average Bonchev–Trinajstić information content (AvgIpc) is 2.65. The first-order valence-corrected chi connectivity index (χ1v) is 10.8. The molecule has 2 rings (SSSR count). The molecule has 1 aromatic rings. The molecule has 0 saturated carbocycles. The Balaban J connectivity index is 1.76. The minimum absolute atomic E-state index is 0.0522. The van der Waals surface area contributed by atoms with Crippen LogP contribution >= 0.6 is 0 Å². The molecule has 1 saturated heterocycles. The number of carbonyl (C=O) groups is 1. The largest absolute Gasteiger partial charge is 0.351 e. The third kappa shape index (κ3) is 6.90. The molecular formula is C19H30N3O3S+. The Kier molecular flexibility index (Phi) is 8.28. The highest BCUT2D eigenvalue weighted by Crippen LogP contribution is 2.08. The van der Waals surface area contributed by atoms with Gasteiger partial charge in [0.05, 0.1) is 26.2 Å². The van der Waals surface area contributed by atoms with E-state index >= 15 is 0 Å². The van der Waals surface area contributed by atoms with E-state index in [4.69, 9.17) is 0 Å². The molecule has 144 valence electrons. The fourth-order valence-corrected chi connectivity index (χ4v) is 4.13. The van der Waals surface area contributed by atoms with Crippen molar-refractivity contribution in [1.82, 2.24) is 9.62 Å². The molecule has 1 aliphatic heterocycles. The number of piperazine rings is 1. The predicted molar refractivity (Wildman–Crippen MR) is 104 cm³/mol. The number of nitrogens with zero attached hydrogens (tertiary/aromatic N) is 1. The monoisotopic (exact) mass is 380 g/mol. The zero-order chi connectivity index (χ0) is 18.8. The molecule has 1 heterocycles. The third-order valence-electron chi connectivity index (χ3n) is 4.53. The zero-order valence-corrected chi connectivity index (χ0v) is 16.3. The van der Waals surface area contributed by atoms with Crippen molar-refractivity contribution >= 4 is 22.0 Å². The first kappa shape index (κ1) is 20.6. The fourth-order valence-electron chi connectivity index (χ4n) is 2.94. The maximum absolute atomic E-state index is 12.4. The lowest BCUT2D eigenvalue weighted by atomic mass is 10.2. The summed E-state index contributed by atoms with van der Waals surface area (Å²) < 4.78 is 26.4. The van der Waals surface area contributed by atoms with Gasteiger partial charge in [-0.05, 0) is 18.1 Å². The van der Waals surface area contributed by atoms with Crippen molar-refractivity contribution in [2.75, 3.05) is 39.3 Å². The van der Waals surface area contributed by atoms with Gasteiger partial charge < -0.3 is 10.2 Å². The third-order valence-corrected chi connectivity index (χ3v) is 6.10. The Morgan fingerprint density at radius 1 is 1.19 bits per heavy atom. The highest BCUT2D eigenvalue weighted by atomic mass is 32.2. The molecule has 26 heavy (non-hydrogen) atoms. The quantitative estimate of drug-likeness (QED) is 0.613. The second-order valence-corrected chi connectivity index (χ2v) is 8.46. The number of quaternary nitrogens is 1. The van der Waals surface area contributed by atoms with Gasteiger partial charge in [-0.15, -0.1) is 0 Å². The molecule has 2 N–H and O–H groups in total. The van der Waals surface area contributed by atoms with Crippen LogP contribution in [0.2, 0.25) is 0 Å². The maximum atomic E-state index is 12.4. The van der Waals surface area contributed by atoms with Gasteiger partial charge in [0, 0.05) is 12.0 Å². The molecule has 0 bridgehead atoms. The summed E-state index contributed by atoms with van der Waals surface area (Å²) in [4.78, 5) is 13.1. The summed E-state index contributed by atoms with van der Waals surface area (Å²) in [6.45, 7) is 5.47. The summed E-state index contributed by atoms with van der Waals surface area (Å²) in [6, 6.07) is 9.39. The van der Waals surface area contributed by atoms with Crippen LogP contribution in [0.4, 0.5) is 0 Å². The van der Waals surface area contributed by atoms with Gasteiger partial charge in [-0.2, -0.15) is 4.31 Å². The predicted octanol–water partition coefficient (Wildman–Crippen LogP) is 0.494. The van der Waals surface area contributed by atoms with Crippen LogP contribution in [0.15, 0.2) is 35.7 Å². The van der Waals surface area contributed by atoms with Crippen LogP contribution in [-0.2, 0) is 14.8 Å². The highest BCUT2D eigenvalue weighted by molar-refractivity contribution is 7.92. The first-order chi connectivity index (χ1) is 12.5. The maximum Gasteiger partial charge on any atom is 0.275 e. The number of hydrogen-bond donors (Lipinski definition) is 2. The number of unbranched alkanes of at least 4 members (excludes halogenated alkanes) is 2. The van der Waals surface area contributed by atoms with Gasteiger partial charge >= 0.3 is 0 Å². The van der Waals surface area contributed by atoms with Crippen LogP contribution in [0.3, 0.4) is 0 Å². The second kappa shape index (κ2) is 10.4. The lowest BCUT2D eigenvalue weighted by molar-refractivity contribution is -0.895. The molecule has 0 aromatic heterocycles. The van der Waals surface area contributed by atoms with Crippen molar-refractivity contribution in [1.29, 1.82) is 0 Å². The van der Waals surface area contributed by atoms with Crippen molar-refractivity contribution in [3.8, 4) is 0 Å². The number of sulfonamides is 1. The normalized spacial score (nSPS) is 16.8. The lowest BCUT2D eigenvalue weighted by Crippen LogP contribution is -3.15. The summed E-state index contributed by atoms with van der Waals surface area (Å²) in [5, 5.41) is 4.21. The SMILES string of the molecule is CCCCCNC(=O)C[NH+]1CCN(S(=O)(=O)/C=C/c2ccccc2)CC1. The van der Waals surface area contributed by atoms with E-state index in [0.29, 0.717) is 32.7 Å². The van der Waals surface area contributed by atoms with Crippen LogP contribution in [0.5, 0.6) is 0 Å². The van der Waals surface area contributed by atoms with E-state index < -0.39 is 10.0 Å². The summed E-state index contributed by atoms with van der Waals surface area (Å²) in [5.41, 5.74) is 0.861. The molecule has 0 atom stereocenters. The lowest BCUT2D eigenvalue weighted by Gasteiger charge is -2.30. The van der Waals surface area contributed by atoms with E-state index in [1.807, 2.05) is 30.3 Å². The molecule has 0 unspecified atom stereocenters. The van der Waals surface area contributed by atoms with Gasteiger partial charge in [-0.25, -0.2) is 8.42 Å². The molecule has 0 radical (unpaired) electrons. The van der Waals surface area contributed by atoms with Gasteiger partial charge in [0.1, 0.15) is 0 Å². The fraction of sp³-hybridized carbons (Fsp3) is 0.526. The highest BCUT2D eigenvalue weighted by Gasteiger charge is 2.28. The number of carbonyl (C=O) groups excluding carboxylic acids is 1. The van der Waals surface area contributed by atoms with E-state index in [9.17, 15) is 13.2 Å². The molecule has 0 spiro atoms. The Bertz CT molecular complexity index is 681. The topological polar surface area (TPSA) is 70.9 Å². The van der Waals surface area contributed by atoms with Gasteiger partial charge in [0.2, 0.25) is 10.0 Å². The van der Waals surface area contributed by atoms with E-state index in [0.717, 1.165) is 36.3 Å². The number of benzene rings is 1. The minimum Gasteiger partial charge on any atom is -0.351 e. The minimum atomic E-state index is -3.42. The molecule has 7 heteroatoms. The standard InChI is InChI=1S/C19H29N3O3S/c1-2-3-7-11-20-19(23)17-21-12-14-22(15-13-21)26(24,25)16-10-18-8-5-4-6-9-18/h4-6,8-10,16H,2-3,7,11-15,17H2,1H3,(H,20,23)/p+1/b16-10+. The van der Waals surface area contributed by atoms with Gasteiger partial charge in [-0.1, -0.05) is 50.1 Å². The van der Waals surface area contributed by atoms with E-state index in [-0.39, 0.29) is 5.91 Å². The van der Waals surface area contributed by atoms with Gasteiger partial charge in [-0.3, -0.25) is 4.79 Å². The average molecular weight is 381 g/mol. The smallest absolute Gasteiger partial charge is 0.275 e. The number of rotatable bonds is 9. The number of hydrogen-bond acceptors (Lipinski definition) is 3. The summed E-state index contributed by atoms with van der Waals surface area (Å²) in [6.07, 6.45) is 4.89. The van der Waals surface area contributed by atoms with Crippen molar-refractivity contribution in [2.24, 2.45) is 0 Å². The molecule has 1 aromatic carbocycles. The van der Waals surface area contributed by atoms with Gasteiger partial charge in [0.15, 0.2) is 6.54 Å². The van der Waals surface area contributed by atoms with Crippen LogP contribution in [0.1, 0.15) is 31.7 Å². The molecule has 1 fully saturated rings. The first-order valence-electron chi connectivity index (χ1n) is 9.35. The van der Waals surface area contributed by atoms with Crippen LogP contribution in [0, 0.1) is 0 Å². The Morgan fingerprint density at radius 2 is 1.88 bits per heavy atom. The van der Waals surface area contributed by atoms with Crippen LogP contribution < -0.4 is 10.2 Å². The molecular weight excluding hydrogens is 350 g/mol. The summed E-state index contributed by atoms with van der Waals surface area (Å²) in [7, 11) is -3.42. The van der Waals surface area contributed by atoms with Crippen molar-refractivity contribution in [3.63, 3.8) is 0 Å². The van der Waals surface area contributed by atoms with E-state index in [2.05, 4.69) is 12.2 Å². The molecule has 1 aliphatic rings. The van der Waals surface area contributed by atoms with Gasteiger partial charge in [0.25, 0.3) is 5.91 Å². The van der Waals surface area contributed by atoms with Crippen molar-refractivity contribution in [3.05, 3.63) is 41.3 Å². The zero-order valence-electron chi connectivity index (χ0n) is 15.5. The number of amides is 1. The Labute approximate surface area is 156 Å². The van der Waals surface area contributed by atoms with Crippen LogP contribution in [-0.4, -0.2) is 57.9 Å². The van der Waals surface area contributed by atoms with E-state index in [1.165, 1.54) is 9.71 Å². The van der Waals surface area contributed by atoms with Crippen molar-refractivity contribution in [2.45, 2.75) is 26.2 Å². The van der Waals surface area contributed by atoms with Crippen LogP contribution in [0.25, 0.3) is 6.08 Å². The Morgan fingerprint density at radius 3 is 2.54 bits per heavy atom. The van der Waals surface area contributed by atoms with Crippen molar-refractivity contribution < 1.29 is 18.1 Å². The molecule has 1 amide bonds. The van der Waals surface area contributed by atoms with E-state index in [1.54, 1.807) is 6.08 Å². The Hall–Kier alpha value is -1.70. The summed E-state index contributed by atoms with van der Waals surface area (Å²) in [5.74, 6) is 0.0522.